The maximum Gasteiger partial charge on any atom is 0.243 e. The van der Waals surface area contributed by atoms with Crippen molar-refractivity contribution in [3.8, 4) is 0 Å². The van der Waals surface area contributed by atoms with Crippen molar-refractivity contribution in [3.63, 3.8) is 0 Å². The van der Waals surface area contributed by atoms with Gasteiger partial charge in [0.1, 0.15) is 12.0 Å². The minimum absolute atomic E-state index is 0.102. The Labute approximate surface area is 122 Å². The molecule has 0 spiro atoms. The summed E-state index contributed by atoms with van der Waals surface area (Å²) in [5.41, 5.74) is 2.67. The third-order valence-electron chi connectivity index (χ3n) is 3.35. The molecule has 3 heterocycles. The van der Waals surface area contributed by atoms with Gasteiger partial charge in [0, 0.05) is 24.8 Å². The normalized spacial score (nSPS) is 13.3. The first kappa shape index (κ1) is 13.3. The molecule has 1 aliphatic heterocycles. The van der Waals surface area contributed by atoms with Crippen LogP contribution in [0.1, 0.15) is 18.2 Å². The molecule has 110 valence electrons. The fourth-order valence-corrected chi connectivity index (χ4v) is 2.19. The average Bonchev–Trinajstić information content (AvgIpc) is 2.85. The van der Waals surface area contributed by atoms with Crippen LogP contribution in [0.25, 0.3) is 0 Å². The maximum atomic E-state index is 11.5. The van der Waals surface area contributed by atoms with Gasteiger partial charge in [-0.2, -0.15) is 5.10 Å². The molecule has 0 saturated carbocycles. The number of carbonyl (C=O) groups is 1. The molecule has 1 amide bonds. The highest BCUT2D eigenvalue weighted by atomic mass is 16.2. The summed E-state index contributed by atoms with van der Waals surface area (Å²) >= 11 is 0. The summed E-state index contributed by atoms with van der Waals surface area (Å²) in [5, 5.41) is 13.4. The van der Waals surface area contributed by atoms with Crippen LogP contribution in [0.3, 0.4) is 0 Å². The van der Waals surface area contributed by atoms with E-state index in [1.807, 2.05) is 24.7 Å². The van der Waals surface area contributed by atoms with Crippen molar-refractivity contribution in [3.05, 3.63) is 23.8 Å². The molecule has 0 unspecified atom stereocenters. The summed E-state index contributed by atoms with van der Waals surface area (Å²) in [7, 11) is 0. The minimum Gasteiger partial charge on any atom is -0.364 e. The number of nitrogens with zero attached hydrogens (tertiary/aromatic N) is 4. The highest BCUT2D eigenvalue weighted by Gasteiger charge is 2.19. The van der Waals surface area contributed by atoms with E-state index in [0.29, 0.717) is 23.9 Å². The van der Waals surface area contributed by atoms with Gasteiger partial charge >= 0.3 is 0 Å². The Morgan fingerprint density at radius 2 is 2.29 bits per heavy atom. The quantitative estimate of drug-likeness (QED) is 0.775. The maximum absolute atomic E-state index is 11.5. The number of anilines is 3. The lowest BCUT2D eigenvalue weighted by Gasteiger charge is -2.19. The number of fused-ring (bicyclic) bond motifs is 1. The lowest BCUT2D eigenvalue weighted by Crippen LogP contribution is -2.29. The molecule has 0 saturated heterocycles. The van der Waals surface area contributed by atoms with Gasteiger partial charge in [0.05, 0.1) is 12.2 Å². The Bertz CT molecular complexity index is 679. The first-order chi connectivity index (χ1) is 10.2. The lowest BCUT2D eigenvalue weighted by molar-refractivity contribution is -0.114. The monoisotopic (exact) mass is 287 g/mol. The van der Waals surface area contributed by atoms with Crippen molar-refractivity contribution >= 4 is 23.2 Å². The van der Waals surface area contributed by atoms with E-state index in [1.54, 1.807) is 0 Å². The van der Waals surface area contributed by atoms with Crippen LogP contribution in [0.4, 0.5) is 17.3 Å². The summed E-state index contributed by atoms with van der Waals surface area (Å²) < 4.78 is 1.89. The van der Waals surface area contributed by atoms with Crippen LogP contribution >= 0.6 is 0 Å². The molecule has 0 radical (unpaired) electrons. The highest BCUT2D eigenvalue weighted by molar-refractivity contribution is 6.02. The second kappa shape index (κ2) is 5.39. The van der Waals surface area contributed by atoms with Crippen molar-refractivity contribution in [2.75, 3.05) is 22.5 Å². The van der Waals surface area contributed by atoms with Gasteiger partial charge in [0.15, 0.2) is 11.6 Å². The van der Waals surface area contributed by atoms with Crippen molar-refractivity contribution in [2.24, 2.45) is 0 Å². The van der Waals surface area contributed by atoms with Crippen LogP contribution in [0, 0.1) is 6.92 Å². The Kier molecular flexibility index (Phi) is 3.43. The summed E-state index contributed by atoms with van der Waals surface area (Å²) in [6.45, 7) is 5.67. The predicted molar refractivity (Wildman–Crippen MR) is 79.1 cm³/mol. The van der Waals surface area contributed by atoms with Gasteiger partial charge < -0.3 is 16.0 Å². The Morgan fingerprint density at radius 1 is 1.43 bits per heavy atom. The number of carbonyl (C=O) groups excluding carboxylic acids is 1. The molecule has 8 nitrogen and oxygen atoms in total. The zero-order valence-electron chi connectivity index (χ0n) is 12.0. The van der Waals surface area contributed by atoms with Crippen LogP contribution in [-0.2, 0) is 17.9 Å². The van der Waals surface area contributed by atoms with E-state index in [1.165, 1.54) is 6.33 Å². The summed E-state index contributed by atoms with van der Waals surface area (Å²) in [6, 6.07) is 0. The molecule has 0 aliphatic carbocycles. The summed E-state index contributed by atoms with van der Waals surface area (Å²) in [4.78, 5) is 19.8. The fraction of sp³-hybridized carbons (Fsp3) is 0.385. The number of aryl methyl sites for hydroxylation is 2. The number of amides is 1. The summed E-state index contributed by atoms with van der Waals surface area (Å²) in [5.74, 6) is 1.13. The standard InChI is InChI=1S/C13H17N7O/c1-3-20-6-9(8(2)19-20)4-14-12-11-13(17-7-16-12)15-5-10(21)18-11/h6-7H,3-5H2,1-2H3,(H,18,21)(H2,14,15,16,17). The van der Waals surface area contributed by atoms with Crippen LogP contribution in [0.2, 0.25) is 0 Å². The van der Waals surface area contributed by atoms with Crippen LogP contribution < -0.4 is 16.0 Å². The number of nitrogens with one attached hydrogen (secondary N) is 3. The van der Waals surface area contributed by atoms with Gasteiger partial charge in [-0.15, -0.1) is 0 Å². The van der Waals surface area contributed by atoms with Gasteiger partial charge in [0.25, 0.3) is 0 Å². The van der Waals surface area contributed by atoms with E-state index < -0.39 is 0 Å². The van der Waals surface area contributed by atoms with Gasteiger partial charge in [0.2, 0.25) is 5.91 Å². The van der Waals surface area contributed by atoms with Crippen LogP contribution in [0.5, 0.6) is 0 Å². The third-order valence-corrected chi connectivity index (χ3v) is 3.35. The van der Waals surface area contributed by atoms with E-state index in [-0.39, 0.29) is 12.5 Å². The molecule has 2 aromatic rings. The van der Waals surface area contributed by atoms with Crippen LogP contribution in [-0.4, -0.2) is 32.2 Å². The number of rotatable bonds is 4. The second-order valence-corrected chi connectivity index (χ2v) is 4.80. The fourth-order valence-electron chi connectivity index (χ4n) is 2.19. The predicted octanol–water partition coefficient (Wildman–Crippen LogP) is 0.978. The molecule has 21 heavy (non-hydrogen) atoms. The molecule has 8 heteroatoms. The lowest BCUT2D eigenvalue weighted by atomic mass is 10.2. The zero-order chi connectivity index (χ0) is 14.8. The second-order valence-electron chi connectivity index (χ2n) is 4.80. The van der Waals surface area contributed by atoms with Crippen molar-refractivity contribution < 1.29 is 4.79 Å². The summed E-state index contributed by atoms with van der Waals surface area (Å²) in [6.07, 6.45) is 3.47. The minimum atomic E-state index is -0.102. The molecule has 0 aromatic carbocycles. The SMILES string of the molecule is CCn1cc(CNc2ncnc3c2NC(=O)CN3)c(C)n1. The molecule has 3 rings (SSSR count). The van der Waals surface area contributed by atoms with Gasteiger partial charge in [-0.1, -0.05) is 0 Å². The van der Waals surface area contributed by atoms with Crippen molar-refractivity contribution in [2.45, 2.75) is 26.9 Å². The molecule has 3 N–H and O–H groups in total. The van der Waals surface area contributed by atoms with Crippen molar-refractivity contribution in [1.29, 1.82) is 0 Å². The van der Waals surface area contributed by atoms with E-state index in [9.17, 15) is 4.79 Å². The number of hydrogen-bond donors (Lipinski definition) is 3. The Morgan fingerprint density at radius 3 is 3.05 bits per heavy atom. The smallest absolute Gasteiger partial charge is 0.243 e. The van der Waals surface area contributed by atoms with E-state index in [2.05, 4.69) is 31.0 Å². The Hall–Kier alpha value is -2.64. The highest BCUT2D eigenvalue weighted by Crippen LogP contribution is 2.28. The van der Waals surface area contributed by atoms with Gasteiger partial charge in [-0.05, 0) is 13.8 Å². The molecule has 0 atom stereocenters. The van der Waals surface area contributed by atoms with Gasteiger partial charge in [-0.25, -0.2) is 9.97 Å². The molecular weight excluding hydrogens is 270 g/mol. The van der Waals surface area contributed by atoms with E-state index in [0.717, 1.165) is 17.8 Å². The van der Waals surface area contributed by atoms with E-state index >= 15 is 0 Å². The average molecular weight is 287 g/mol. The van der Waals surface area contributed by atoms with Crippen molar-refractivity contribution in [1.82, 2.24) is 19.7 Å². The third kappa shape index (κ3) is 2.64. The molecular formula is C13H17N7O. The van der Waals surface area contributed by atoms with Gasteiger partial charge in [-0.3, -0.25) is 9.48 Å². The first-order valence-electron chi connectivity index (χ1n) is 6.83. The molecule has 2 aromatic heterocycles. The molecule has 1 aliphatic rings. The zero-order valence-corrected chi connectivity index (χ0v) is 12.0. The number of aromatic nitrogens is 4. The Balaban J connectivity index is 1.79. The topological polar surface area (TPSA) is 96.8 Å². The molecule has 0 fully saturated rings. The van der Waals surface area contributed by atoms with Crippen LogP contribution in [0.15, 0.2) is 12.5 Å². The first-order valence-corrected chi connectivity index (χ1v) is 6.83. The van der Waals surface area contributed by atoms with E-state index in [4.69, 9.17) is 0 Å². The molecule has 0 bridgehead atoms. The number of hydrogen-bond acceptors (Lipinski definition) is 6. The largest absolute Gasteiger partial charge is 0.364 e.